The molecule has 2 amide bonds. The van der Waals surface area contributed by atoms with Crippen LogP contribution in [0.1, 0.15) is 26.0 Å². The highest BCUT2D eigenvalue weighted by molar-refractivity contribution is 8.00. The van der Waals surface area contributed by atoms with E-state index in [1.54, 1.807) is 24.3 Å². The number of nitrogens with one attached hydrogen (secondary N) is 2. The average Bonchev–Trinajstić information content (AvgIpc) is 2.54. The third-order valence-corrected chi connectivity index (χ3v) is 4.47. The summed E-state index contributed by atoms with van der Waals surface area (Å²) in [6, 6.07) is 8.88. The fourth-order valence-corrected chi connectivity index (χ4v) is 3.00. The molecule has 0 radical (unpaired) electrons. The molecule has 0 spiro atoms. The normalized spacial score (nSPS) is 11.6. The van der Waals surface area contributed by atoms with Crippen LogP contribution in [-0.4, -0.2) is 27.0 Å². The number of anilines is 2. The molecule has 2 N–H and O–H groups in total. The minimum Gasteiger partial charge on any atom is -0.326 e. The van der Waals surface area contributed by atoms with Gasteiger partial charge < -0.3 is 10.6 Å². The lowest BCUT2D eigenvalue weighted by Gasteiger charge is -2.14. The van der Waals surface area contributed by atoms with Gasteiger partial charge in [0.25, 0.3) is 0 Å². The number of benzene rings is 1. The molecule has 0 saturated carbocycles. The Bertz CT molecular complexity index is 719. The predicted molar refractivity (Wildman–Crippen MR) is 96.1 cm³/mol. The topological polar surface area (TPSA) is 84.0 Å². The Kier molecular flexibility index (Phi) is 6.31. The van der Waals surface area contributed by atoms with Crippen molar-refractivity contribution in [3.63, 3.8) is 0 Å². The number of nitrogens with zero attached hydrogens (tertiary/aromatic N) is 2. The summed E-state index contributed by atoms with van der Waals surface area (Å²) in [4.78, 5) is 31.7. The van der Waals surface area contributed by atoms with E-state index in [4.69, 9.17) is 0 Å². The van der Waals surface area contributed by atoms with Crippen LogP contribution in [0.3, 0.4) is 0 Å². The van der Waals surface area contributed by atoms with E-state index < -0.39 is 0 Å². The summed E-state index contributed by atoms with van der Waals surface area (Å²) in [6.07, 6.45) is 2.19. The van der Waals surface area contributed by atoms with Gasteiger partial charge in [-0.25, -0.2) is 9.97 Å². The molecule has 1 heterocycles. The maximum atomic E-state index is 12.5. The fraction of sp³-hybridized carbons (Fsp3) is 0.294. The van der Waals surface area contributed by atoms with Crippen LogP contribution in [0, 0.1) is 6.92 Å². The summed E-state index contributed by atoms with van der Waals surface area (Å²) in [5, 5.41) is 6.12. The molecular formula is C17H20N4O2S. The molecule has 1 aromatic carbocycles. The highest BCUT2D eigenvalue weighted by Gasteiger charge is 2.19. The van der Waals surface area contributed by atoms with Crippen LogP contribution >= 0.6 is 11.8 Å². The van der Waals surface area contributed by atoms with E-state index in [0.717, 1.165) is 10.7 Å². The van der Waals surface area contributed by atoms with Crippen LogP contribution in [0.2, 0.25) is 0 Å². The van der Waals surface area contributed by atoms with Crippen LogP contribution in [0.4, 0.5) is 11.4 Å². The van der Waals surface area contributed by atoms with Gasteiger partial charge >= 0.3 is 0 Å². The Hall–Kier alpha value is -2.41. The molecule has 0 aliphatic carbocycles. The Morgan fingerprint density at radius 3 is 2.29 bits per heavy atom. The number of hydrogen-bond donors (Lipinski definition) is 2. The van der Waals surface area contributed by atoms with Crippen molar-refractivity contribution in [2.45, 2.75) is 37.5 Å². The van der Waals surface area contributed by atoms with Crippen LogP contribution in [0.25, 0.3) is 0 Å². The lowest BCUT2D eigenvalue weighted by Crippen LogP contribution is -2.24. The summed E-state index contributed by atoms with van der Waals surface area (Å²) in [7, 11) is 0. The van der Waals surface area contributed by atoms with Crippen molar-refractivity contribution in [3.05, 3.63) is 42.4 Å². The van der Waals surface area contributed by atoms with Crippen LogP contribution in [0.5, 0.6) is 0 Å². The molecule has 0 bridgehead atoms. The maximum Gasteiger partial charge on any atom is 0.237 e. The lowest BCUT2D eigenvalue weighted by atomic mass is 10.2. The highest BCUT2D eigenvalue weighted by Crippen LogP contribution is 2.25. The molecule has 1 unspecified atom stereocenters. The summed E-state index contributed by atoms with van der Waals surface area (Å²) >= 11 is 1.42. The molecule has 0 fully saturated rings. The number of carbonyl (C=O) groups excluding carboxylic acids is 2. The molecule has 0 aliphatic rings. The largest absolute Gasteiger partial charge is 0.326 e. The minimum absolute atomic E-state index is 0.0777. The number of carbonyl (C=O) groups is 2. The average molecular weight is 344 g/mol. The Labute approximate surface area is 145 Å². The van der Waals surface area contributed by atoms with Crippen molar-refractivity contribution in [2.75, 3.05) is 10.6 Å². The first-order valence-corrected chi connectivity index (χ1v) is 8.49. The third kappa shape index (κ3) is 5.34. The number of amides is 2. The van der Waals surface area contributed by atoms with Crippen molar-refractivity contribution >= 4 is 35.0 Å². The zero-order chi connectivity index (χ0) is 17.5. The van der Waals surface area contributed by atoms with Crippen molar-refractivity contribution in [2.24, 2.45) is 0 Å². The van der Waals surface area contributed by atoms with Gasteiger partial charge in [-0.2, -0.15) is 0 Å². The maximum absolute atomic E-state index is 12.5. The van der Waals surface area contributed by atoms with E-state index >= 15 is 0 Å². The molecule has 0 aliphatic heterocycles. The van der Waals surface area contributed by atoms with Gasteiger partial charge in [-0.3, -0.25) is 9.59 Å². The van der Waals surface area contributed by atoms with Crippen molar-refractivity contribution in [3.8, 4) is 0 Å². The van der Waals surface area contributed by atoms with Crippen molar-refractivity contribution in [1.82, 2.24) is 9.97 Å². The monoisotopic (exact) mass is 344 g/mol. The molecule has 0 saturated heterocycles. The first kappa shape index (κ1) is 17.9. The molecular weight excluding hydrogens is 324 g/mol. The van der Waals surface area contributed by atoms with E-state index in [1.807, 2.05) is 19.9 Å². The van der Waals surface area contributed by atoms with Gasteiger partial charge in [0.1, 0.15) is 11.4 Å². The molecule has 7 heteroatoms. The lowest BCUT2D eigenvalue weighted by molar-refractivity contribution is -0.116. The first-order valence-electron chi connectivity index (χ1n) is 7.61. The van der Waals surface area contributed by atoms with Gasteiger partial charge in [-0.15, -0.1) is 0 Å². The fourth-order valence-electron chi connectivity index (χ4n) is 2.03. The van der Waals surface area contributed by atoms with E-state index in [0.29, 0.717) is 17.8 Å². The van der Waals surface area contributed by atoms with Crippen molar-refractivity contribution in [1.29, 1.82) is 0 Å². The summed E-state index contributed by atoms with van der Waals surface area (Å²) < 4.78 is 0. The Morgan fingerprint density at radius 2 is 1.75 bits per heavy atom. The SMILES string of the molecule is CCC(Sc1cc(C)ncn1)C(=O)Nc1ccc(NC(C)=O)cc1. The first-order chi connectivity index (χ1) is 11.5. The van der Waals surface area contributed by atoms with E-state index in [-0.39, 0.29) is 17.1 Å². The Morgan fingerprint density at radius 1 is 1.12 bits per heavy atom. The number of aromatic nitrogens is 2. The third-order valence-electron chi connectivity index (χ3n) is 3.18. The van der Waals surface area contributed by atoms with E-state index in [1.165, 1.54) is 25.0 Å². The summed E-state index contributed by atoms with van der Waals surface area (Å²) in [5.41, 5.74) is 2.25. The Balaban J connectivity index is 1.99. The number of hydrogen-bond acceptors (Lipinski definition) is 5. The van der Waals surface area contributed by atoms with Crippen molar-refractivity contribution < 1.29 is 9.59 Å². The standard InChI is InChI=1S/C17H20N4O2S/c1-4-15(24-16-9-11(2)18-10-19-16)17(23)21-14-7-5-13(6-8-14)20-12(3)22/h5-10,15H,4H2,1-3H3,(H,20,22)(H,21,23). The van der Waals surface area contributed by atoms with Gasteiger partial charge in [0.2, 0.25) is 11.8 Å². The van der Waals surface area contributed by atoms with Gasteiger partial charge in [-0.1, -0.05) is 18.7 Å². The minimum atomic E-state index is -0.241. The number of rotatable bonds is 6. The molecule has 6 nitrogen and oxygen atoms in total. The predicted octanol–water partition coefficient (Wildman–Crippen LogP) is 3.25. The smallest absolute Gasteiger partial charge is 0.237 e. The quantitative estimate of drug-likeness (QED) is 0.621. The molecule has 126 valence electrons. The highest BCUT2D eigenvalue weighted by atomic mass is 32.2. The second-order valence-electron chi connectivity index (χ2n) is 5.26. The summed E-state index contributed by atoms with van der Waals surface area (Å²) in [5.74, 6) is -0.208. The van der Waals surface area contributed by atoms with Crippen LogP contribution < -0.4 is 10.6 Å². The zero-order valence-electron chi connectivity index (χ0n) is 13.9. The second-order valence-corrected chi connectivity index (χ2v) is 6.48. The van der Waals surface area contributed by atoms with Gasteiger partial charge in [0.05, 0.1) is 5.25 Å². The van der Waals surface area contributed by atoms with Crippen LogP contribution in [0.15, 0.2) is 41.7 Å². The molecule has 2 rings (SSSR count). The van der Waals surface area contributed by atoms with Gasteiger partial charge in [-0.05, 0) is 43.7 Å². The number of thioether (sulfide) groups is 1. The number of aryl methyl sites for hydroxylation is 1. The molecule has 24 heavy (non-hydrogen) atoms. The van der Waals surface area contributed by atoms with Crippen LogP contribution in [-0.2, 0) is 9.59 Å². The zero-order valence-corrected chi connectivity index (χ0v) is 14.7. The molecule has 2 aromatic rings. The molecule has 1 aromatic heterocycles. The summed E-state index contributed by atoms with van der Waals surface area (Å²) in [6.45, 7) is 5.31. The van der Waals surface area contributed by atoms with E-state index in [9.17, 15) is 9.59 Å². The van der Waals surface area contributed by atoms with Gasteiger partial charge in [0.15, 0.2) is 0 Å². The van der Waals surface area contributed by atoms with Gasteiger partial charge in [0, 0.05) is 24.0 Å². The molecule has 1 atom stereocenters. The van der Waals surface area contributed by atoms with E-state index in [2.05, 4.69) is 20.6 Å². The second kappa shape index (κ2) is 8.44.